The molecule has 0 atom stereocenters. The Balaban J connectivity index is 2.02. The molecule has 0 aliphatic rings. The fraction of sp³-hybridized carbons (Fsp3) is 0.111. The molecule has 0 radical (unpaired) electrons. The van der Waals surface area contributed by atoms with Gasteiger partial charge in [0.2, 0.25) is 0 Å². The lowest BCUT2D eigenvalue weighted by molar-refractivity contribution is 1.04. The number of nitrogens with zero attached hydrogens (tertiary/aromatic N) is 2. The molecule has 2 nitrogen and oxygen atoms in total. The van der Waals surface area contributed by atoms with Gasteiger partial charge in [-0.3, -0.25) is 0 Å². The predicted molar refractivity (Wildman–Crippen MR) is 87.4 cm³/mol. The molecule has 1 aromatic heterocycles. The number of hydrogen-bond donors (Lipinski definition) is 0. The molecule has 0 bridgehead atoms. The van der Waals surface area contributed by atoms with Gasteiger partial charge in [0.25, 0.3) is 0 Å². The standard InChI is InChI=1S/C18H15ClN2/c1-12-17(20-13(2)21-18(12)19)16-10-8-15(9-11-16)14-6-4-3-5-7-14/h3-11H,1-2H3. The molecule has 0 saturated heterocycles. The maximum absolute atomic E-state index is 6.15. The van der Waals surface area contributed by atoms with E-state index in [0.717, 1.165) is 16.8 Å². The summed E-state index contributed by atoms with van der Waals surface area (Å²) in [4.78, 5) is 8.69. The van der Waals surface area contributed by atoms with Crippen molar-refractivity contribution in [3.63, 3.8) is 0 Å². The Bertz CT molecular complexity index is 765. The highest BCUT2D eigenvalue weighted by molar-refractivity contribution is 6.30. The quantitative estimate of drug-likeness (QED) is 0.616. The number of benzene rings is 2. The lowest BCUT2D eigenvalue weighted by Gasteiger charge is -2.09. The number of rotatable bonds is 2. The smallest absolute Gasteiger partial charge is 0.136 e. The van der Waals surface area contributed by atoms with Crippen molar-refractivity contribution in [3.8, 4) is 22.4 Å². The van der Waals surface area contributed by atoms with Crippen LogP contribution in [0.15, 0.2) is 54.6 Å². The van der Waals surface area contributed by atoms with Gasteiger partial charge in [-0.2, -0.15) is 0 Å². The van der Waals surface area contributed by atoms with E-state index in [9.17, 15) is 0 Å². The Morgan fingerprint density at radius 3 is 1.95 bits per heavy atom. The number of aromatic nitrogens is 2. The Morgan fingerprint density at radius 2 is 1.29 bits per heavy atom. The molecule has 1 heterocycles. The van der Waals surface area contributed by atoms with Crippen molar-refractivity contribution >= 4 is 11.6 Å². The van der Waals surface area contributed by atoms with Crippen molar-refractivity contribution in [1.82, 2.24) is 9.97 Å². The van der Waals surface area contributed by atoms with E-state index >= 15 is 0 Å². The van der Waals surface area contributed by atoms with E-state index in [-0.39, 0.29) is 0 Å². The summed E-state index contributed by atoms with van der Waals surface area (Å²) >= 11 is 6.15. The molecule has 0 N–H and O–H groups in total. The Kier molecular flexibility index (Phi) is 3.72. The molecule has 3 heteroatoms. The van der Waals surface area contributed by atoms with Gasteiger partial charge in [0.05, 0.1) is 5.69 Å². The van der Waals surface area contributed by atoms with Crippen LogP contribution in [0.1, 0.15) is 11.4 Å². The maximum atomic E-state index is 6.15. The minimum Gasteiger partial charge on any atom is -0.233 e. The van der Waals surface area contributed by atoms with Crippen molar-refractivity contribution in [3.05, 3.63) is 71.1 Å². The van der Waals surface area contributed by atoms with Gasteiger partial charge in [-0.1, -0.05) is 66.2 Å². The fourth-order valence-corrected chi connectivity index (χ4v) is 2.54. The van der Waals surface area contributed by atoms with Crippen LogP contribution in [-0.4, -0.2) is 9.97 Å². The molecule has 0 unspecified atom stereocenters. The Hall–Kier alpha value is -2.19. The lowest BCUT2D eigenvalue weighted by atomic mass is 10.0. The highest BCUT2D eigenvalue weighted by Gasteiger charge is 2.09. The summed E-state index contributed by atoms with van der Waals surface area (Å²) in [5.74, 6) is 0.688. The first-order chi connectivity index (χ1) is 10.1. The number of halogens is 1. The van der Waals surface area contributed by atoms with Gasteiger partial charge in [-0.15, -0.1) is 0 Å². The first-order valence-corrected chi connectivity index (χ1v) is 7.19. The van der Waals surface area contributed by atoms with Crippen LogP contribution in [0, 0.1) is 13.8 Å². The molecule has 0 fully saturated rings. The highest BCUT2D eigenvalue weighted by atomic mass is 35.5. The van der Waals surface area contributed by atoms with Crippen LogP contribution in [0.4, 0.5) is 0 Å². The molecule has 3 aromatic rings. The second-order valence-corrected chi connectivity index (χ2v) is 5.34. The topological polar surface area (TPSA) is 25.8 Å². The molecule has 3 rings (SSSR count). The van der Waals surface area contributed by atoms with E-state index in [2.05, 4.69) is 46.4 Å². The summed E-state index contributed by atoms with van der Waals surface area (Å²) in [7, 11) is 0. The minimum absolute atomic E-state index is 0.518. The van der Waals surface area contributed by atoms with Crippen LogP contribution >= 0.6 is 11.6 Å². The second-order valence-electron chi connectivity index (χ2n) is 4.98. The maximum Gasteiger partial charge on any atom is 0.136 e. The molecule has 2 aromatic carbocycles. The van der Waals surface area contributed by atoms with E-state index < -0.39 is 0 Å². The first kappa shape index (κ1) is 13.8. The molecule has 0 saturated carbocycles. The molecule has 104 valence electrons. The van der Waals surface area contributed by atoms with E-state index in [4.69, 9.17) is 11.6 Å². The lowest BCUT2D eigenvalue weighted by Crippen LogP contribution is -1.96. The molecule has 0 aliphatic carbocycles. The van der Waals surface area contributed by atoms with Crippen molar-refractivity contribution in [2.24, 2.45) is 0 Å². The van der Waals surface area contributed by atoms with Crippen LogP contribution in [0.5, 0.6) is 0 Å². The van der Waals surface area contributed by atoms with Gasteiger partial charge in [0.15, 0.2) is 0 Å². The predicted octanol–water partition coefficient (Wildman–Crippen LogP) is 5.08. The zero-order valence-electron chi connectivity index (χ0n) is 12.0. The minimum atomic E-state index is 0.518. The summed E-state index contributed by atoms with van der Waals surface area (Å²) in [6.07, 6.45) is 0. The average Bonchev–Trinajstić information content (AvgIpc) is 2.52. The van der Waals surface area contributed by atoms with E-state index in [1.54, 1.807) is 0 Å². The number of hydrogen-bond acceptors (Lipinski definition) is 2. The van der Waals surface area contributed by atoms with E-state index in [1.165, 1.54) is 11.1 Å². The second kappa shape index (κ2) is 5.66. The van der Waals surface area contributed by atoms with Gasteiger partial charge in [-0.05, 0) is 25.0 Å². The van der Waals surface area contributed by atoms with Crippen molar-refractivity contribution < 1.29 is 0 Å². The van der Waals surface area contributed by atoms with Crippen LogP contribution in [0.25, 0.3) is 22.4 Å². The number of aryl methyl sites for hydroxylation is 1. The normalized spacial score (nSPS) is 10.6. The summed E-state index contributed by atoms with van der Waals surface area (Å²) in [6, 6.07) is 18.7. The molecule has 0 spiro atoms. The van der Waals surface area contributed by atoms with Crippen LogP contribution in [0.2, 0.25) is 5.15 Å². The largest absolute Gasteiger partial charge is 0.233 e. The molecular formula is C18H15ClN2. The third-order valence-corrected chi connectivity index (χ3v) is 3.83. The van der Waals surface area contributed by atoms with Crippen LogP contribution in [-0.2, 0) is 0 Å². The third kappa shape index (κ3) is 2.81. The van der Waals surface area contributed by atoms with Crippen LogP contribution < -0.4 is 0 Å². The monoisotopic (exact) mass is 294 g/mol. The van der Waals surface area contributed by atoms with Crippen molar-refractivity contribution in [1.29, 1.82) is 0 Å². The van der Waals surface area contributed by atoms with Gasteiger partial charge in [-0.25, -0.2) is 9.97 Å². The fourth-order valence-electron chi connectivity index (χ4n) is 2.33. The zero-order chi connectivity index (χ0) is 14.8. The highest BCUT2D eigenvalue weighted by Crippen LogP contribution is 2.28. The average molecular weight is 295 g/mol. The van der Waals surface area contributed by atoms with Gasteiger partial charge in [0.1, 0.15) is 11.0 Å². The van der Waals surface area contributed by atoms with E-state index in [0.29, 0.717) is 11.0 Å². The summed E-state index contributed by atoms with van der Waals surface area (Å²) in [5, 5.41) is 0.518. The Labute approximate surface area is 129 Å². The van der Waals surface area contributed by atoms with Crippen molar-refractivity contribution in [2.45, 2.75) is 13.8 Å². The Morgan fingerprint density at radius 1 is 0.714 bits per heavy atom. The first-order valence-electron chi connectivity index (χ1n) is 6.82. The zero-order valence-corrected chi connectivity index (χ0v) is 12.7. The molecule has 0 aliphatic heterocycles. The van der Waals surface area contributed by atoms with Gasteiger partial charge >= 0.3 is 0 Å². The SMILES string of the molecule is Cc1nc(Cl)c(C)c(-c2ccc(-c3ccccc3)cc2)n1. The van der Waals surface area contributed by atoms with Gasteiger partial charge in [0, 0.05) is 11.1 Å². The summed E-state index contributed by atoms with van der Waals surface area (Å²) in [5.41, 5.74) is 5.26. The molecule has 0 amide bonds. The third-order valence-electron chi connectivity index (χ3n) is 3.46. The molecule has 21 heavy (non-hydrogen) atoms. The van der Waals surface area contributed by atoms with Crippen LogP contribution in [0.3, 0.4) is 0 Å². The summed E-state index contributed by atoms with van der Waals surface area (Å²) in [6.45, 7) is 3.80. The van der Waals surface area contributed by atoms with Gasteiger partial charge < -0.3 is 0 Å². The van der Waals surface area contributed by atoms with Crippen molar-refractivity contribution in [2.75, 3.05) is 0 Å². The molecular weight excluding hydrogens is 280 g/mol. The van der Waals surface area contributed by atoms with E-state index in [1.807, 2.05) is 32.0 Å². The summed E-state index contributed by atoms with van der Waals surface area (Å²) < 4.78 is 0.